The predicted molar refractivity (Wildman–Crippen MR) is 95.0 cm³/mol. The van der Waals surface area contributed by atoms with Gasteiger partial charge < -0.3 is 9.88 Å². The smallest absolute Gasteiger partial charge is 0.204 e. The molecule has 1 unspecified atom stereocenters. The summed E-state index contributed by atoms with van der Waals surface area (Å²) in [6.45, 7) is 0. The lowest BCUT2D eigenvalue weighted by atomic mass is 10.0. The van der Waals surface area contributed by atoms with Crippen LogP contribution in [-0.2, 0) is 20.5 Å². The van der Waals surface area contributed by atoms with E-state index in [1.54, 1.807) is 7.05 Å². The Morgan fingerprint density at radius 3 is 2.92 bits per heavy atom. The van der Waals surface area contributed by atoms with Crippen LogP contribution in [-0.4, -0.2) is 29.8 Å². The van der Waals surface area contributed by atoms with Gasteiger partial charge in [0.15, 0.2) is 0 Å². The molecule has 1 atom stereocenters. The second-order valence-corrected chi connectivity index (χ2v) is 6.44. The van der Waals surface area contributed by atoms with Gasteiger partial charge in [-0.05, 0) is 35.0 Å². The van der Waals surface area contributed by atoms with Crippen LogP contribution in [0.15, 0.2) is 42.7 Å². The largest absolute Gasteiger partial charge is 0.363 e. The van der Waals surface area contributed by atoms with Crippen molar-refractivity contribution in [3.05, 3.63) is 53.9 Å². The minimum atomic E-state index is 0.221. The zero-order valence-electron chi connectivity index (χ0n) is 14.0. The molecule has 7 heteroatoms. The summed E-state index contributed by atoms with van der Waals surface area (Å²) in [7, 11) is 3.85. The second kappa shape index (κ2) is 5.14. The van der Waals surface area contributed by atoms with Crippen molar-refractivity contribution in [1.29, 1.82) is 0 Å². The molecule has 3 aromatic heterocycles. The van der Waals surface area contributed by atoms with Crippen molar-refractivity contribution in [3.63, 3.8) is 0 Å². The monoisotopic (exact) mass is 331 g/mol. The molecule has 0 amide bonds. The number of aromatic nitrogens is 6. The van der Waals surface area contributed by atoms with E-state index in [2.05, 4.69) is 61.7 Å². The van der Waals surface area contributed by atoms with Gasteiger partial charge in [-0.15, -0.1) is 10.2 Å². The number of anilines is 1. The summed E-state index contributed by atoms with van der Waals surface area (Å²) < 4.78 is 2.16. The van der Waals surface area contributed by atoms with Gasteiger partial charge in [0.2, 0.25) is 5.82 Å². The third kappa shape index (κ3) is 2.20. The van der Waals surface area contributed by atoms with E-state index in [0.29, 0.717) is 5.82 Å². The summed E-state index contributed by atoms with van der Waals surface area (Å²) in [6.07, 6.45) is 4.97. The molecular weight excluding hydrogens is 314 g/mol. The Bertz CT molecular complexity index is 1070. The van der Waals surface area contributed by atoms with E-state index in [4.69, 9.17) is 0 Å². The van der Waals surface area contributed by atoms with Crippen molar-refractivity contribution in [2.45, 2.75) is 12.5 Å². The molecule has 0 spiro atoms. The van der Waals surface area contributed by atoms with Crippen molar-refractivity contribution in [3.8, 4) is 11.4 Å². The molecule has 0 aliphatic carbocycles. The SMILES string of the molecule is Cn1nnc(-c2ccc3c(c2)c(C2Cc4cccnc4N2)cn3C)n1. The Kier molecular flexibility index (Phi) is 2.91. The third-order valence-electron chi connectivity index (χ3n) is 4.79. The molecule has 0 bridgehead atoms. The number of rotatable bonds is 2. The van der Waals surface area contributed by atoms with E-state index in [1.165, 1.54) is 26.8 Å². The van der Waals surface area contributed by atoms with Crippen LogP contribution in [0.3, 0.4) is 0 Å². The quantitative estimate of drug-likeness (QED) is 0.611. The van der Waals surface area contributed by atoms with Crippen LogP contribution in [0.25, 0.3) is 22.3 Å². The molecule has 1 N–H and O–H groups in total. The van der Waals surface area contributed by atoms with Gasteiger partial charge in [-0.1, -0.05) is 6.07 Å². The zero-order chi connectivity index (χ0) is 17.0. The summed E-state index contributed by atoms with van der Waals surface area (Å²) in [5.74, 6) is 1.62. The third-order valence-corrected chi connectivity index (χ3v) is 4.79. The molecule has 0 saturated carbocycles. The lowest BCUT2D eigenvalue weighted by Gasteiger charge is -2.10. The van der Waals surface area contributed by atoms with Gasteiger partial charge in [-0.25, -0.2) is 4.98 Å². The molecule has 4 heterocycles. The summed E-state index contributed by atoms with van der Waals surface area (Å²) in [4.78, 5) is 5.92. The van der Waals surface area contributed by atoms with Crippen LogP contribution >= 0.6 is 0 Å². The average molecular weight is 331 g/mol. The van der Waals surface area contributed by atoms with Crippen molar-refractivity contribution in [1.82, 2.24) is 29.8 Å². The average Bonchev–Trinajstić information content (AvgIpc) is 3.31. The topological polar surface area (TPSA) is 73.5 Å². The van der Waals surface area contributed by atoms with Gasteiger partial charge in [0.25, 0.3) is 0 Å². The first-order valence-electron chi connectivity index (χ1n) is 8.23. The highest BCUT2D eigenvalue weighted by atomic mass is 15.6. The van der Waals surface area contributed by atoms with Crippen molar-refractivity contribution < 1.29 is 0 Å². The number of fused-ring (bicyclic) bond motifs is 2. The minimum absolute atomic E-state index is 0.221. The highest BCUT2D eigenvalue weighted by Crippen LogP contribution is 2.37. The van der Waals surface area contributed by atoms with Gasteiger partial charge in [0.05, 0.1) is 13.1 Å². The number of aryl methyl sites for hydroxylation is 2. The summed E-state index contributed by atoms with van der Waals surface area (Å²) in [6, 6.07) is 10.7. The normalized spacial score (nSPS) is 16.2. The van der Waals surface area contributed by atoms with Gasteiger partial charge in [-0.3, -0.25) is 0 Å². The number of tetrazole rings is 1. The summed E-state index contributed by atoms with van der Waals surface area (Å²) in [5, 5.41) is 17.1. The van der Waals surface area contributed by atoms with Crippen LogP contribution in [0.1, 0.15) is 17.2 Å². The molecule has 0 saturated heterocycles. The van der Waals surface area contributed by atoms with Crippen LogP contribution < -0.4 is 5.32 Å². The van der Waals surface area contributed by atoms with Gasteiger partial charge in [0, 0.05) is 47.9 Å². The number of nitrogens with zero attached hydrogens (tertiary/aromatic N) is 6. The van der Waals surface area contributed by atoms with E-state index in [1.807, 2.05) is 18.3 Å². The maximum atomic E-state index is 4.44. The molecule has 4 aromatic rings. The fraction of sp³-hybridized carbons (Fsp3) is 0.222. The molecule has 1 aromatic carbocycles. The van der Waals surface area contributed by atoms with E-state index < -0.39 is 0 Å². The standard InChI is InChI=1S/C18H17N7/c1-24-10-14(15-9-11-4-3-7-19-17(11)20-15)13-8-12(5-6-16(13)24)18-21-23-25(2)22-18/h3-8,10,15H,9H2,1-2H3,(H,19,20). The Morgan fingerprint density at radius 2 is 2.12 bits per heavy atom. The Balaban J connectivity index is 1.61. The lowest BCUT2D eigenvalue weighted by molar-refractivity contribution is 0.630. The molecular formula is C18H17N7. The fourth-order valence-corrected chi connectivity index (χ4v) is 3.60. The molecule has 0 fully saturated rings. The molecule has 1 aliphatic heterocycles. The highest BCUT2D eigenvalue weighted by Gasteiger charge is 2.25. The molecule has 25 heavy (non-hydrogen) atoms. The molecule has 1 aliphatic rings. The summed E-state index contributed by atoms with van der Waals surface area (Å²) in [5.41, 5.74) is 4.69. The highest BCUT2D eigenvalue weighted by molar-refractivity contribution is 5.88. The summed E-state index contributed by atoms with van der Waals surface area (Å²) >= 11 is 0. The zero-order valence-corrected chi connectivity index (χ0v) is 14.0. The lowest BCUT2D eigenvalue weighted by Crippen LogP contribution is -2.05. The van der Waals surface area contributed by atoms with E-state index in [9.17, 15) is 0 Å². The Labute approximate surface area is 144 Å². The van der Waals surface area contributed by atoms with Gasteiger partial charge in [0.1, 0.15) is 5.82 Å². The maximum absolute atomic E-state index is 4.44. The molecule has 7 nitrogen and oxygen atoms in total. The first kappa shape index (κ1) is 14.2. The Morgan fingerprint density at radius 1 is 1.20 bits per heavy atom. The van der Waals surface area contributed by atoms with Crippen LogP contribution in [0.4, 0.5) is 5.82 Å². The minimum Gasteiger partial charge on any atom is -0.363 e. The van der Waals surface area contributed by atoms with E-state index >= 15 is 0 Å². The van der Waals surface area contributed by atoms with Crippen LogP contribution in [0, 0.1) is 0 Å². The predicted octanol–water partition coefficient (Wildman–Crippen LogP) is 2.47. The molecule has 0 radical (unpaired) electrons. The Hall–Kier alpha value is -3.22. The fourth-order valence-electron chi connectivity index (χ4n) is 3.60. The van der Waals surface area contributed by atoms with E-state index in [0.717, 1.165) is 17.8 Å². The molecule has 124 valence electrons. The number of nitrogens with one attached hydrogen (secondary N) is 1. The first-order valence-corrected chi connectivity index (χ1v) is 8.23. The second-order valence-electron chi connectivity index (χ2n) is 6.44. The molecule has 5 rings (SSSR count). The van der Waals surface area contributed by atoms with Crippen LogP contribution in [0.2, 0.25) is 0 Å². The number of hydrogen-bond donors (Lipinski definition) is 1. The van der Waals surface area contributed by atoms with Crippen molar-refractivity contribution >= 4 is 16.7 Å². The van der Waals surface area contributed by atoms with Crippen LogP contribution in [0.5, 0.6) is 0 Å². The first-order chi connectivity index (χ1) is 12.2. The van der Waals surface area contributed by atoms with Crippen molar-refractivity contribution in [2.24, 2.45) is 14.1 Å². The number of pyridine rings is 1. The number of benzene rings is 1. The van der Waals surface area contributed by atoms with Gasteiger partial charge >= 0.3 is 0 Å². The van der Waals surface area contributed by atoms with E-state index in [-0.39, 0.29) is 6.04 Å². The maximum Gasteiger partial charge on any atom is 0.204 e. The van der Waals surface area contributed by atoms with Crippen molar-refractivity contribution in [2.75, 3.05) is 5.32 Å². The van der Waals surface area contributed by atoms with Gasteiger partial charge in [-0.2, -0.15) is 4.80 Å². The number of hydrogen-bond acceptors (Lipinski definition) is 5.